The van der Waals surface area contributed by atoms with Gasteiger partial charge in [0.25, 0.3) is 5.91 Å². The van der Waals surface area contributed by atoms with Crippen LogP contribution in [0.25, 0.3) is 0 Å². The lowest BCUT2D eigenvalue weighted by molar-refractivity contribution is 0.102. The van der Waals surface area contributed by atoms with Gasteiger partial charge >= 0.3 is 0 Å². The summed E-state index contributed by atoms with van der Waals surface area (Å²) in [5.41, 5.74) is 2.47. The number of benzene rings is 2. The molecule has 0 aliphatic heterocycles. The van der Waals surface area contributed by atoms with Gasteiger partial charge in [-0.05, 0) is 48.4 Å². The monoisotopic (exact) mass is 277 g/mol. The average Bonchev–Trinajstić information content (AvgIpc) is 2.43. The predicted octanol–water partition coefficient (Wildman–Crippen LogP) is 4.13. The van der Waals surface area contributed by atoms with Crippen molar-refractivity contribution in [2.45, 2.75) is 12.8 Å². The first-order valence-electron chi connectivity index (χ1n) is 5.82. The van der Waals surface area contributed by atoms with Crippen molar-refractivity contribution < 1.29 is 9.18 Å². The number of hydrogen-bond acceptors (Lipinski definition) is 1. The van der Waals surface area contributed by atoms with E-state index < -0.39 is 0 Å². The van der Waals surface area contributed by atoms with Crippen LogP contribution in [0.3, 0.4) is 0 Å². The van der Waals surface area contributed by atoms with Crippen molar-refractivity contribution in [1.29, 1.82) is 0 Å². The number of alkyl halides is 1. The van der Waals surface area contributed by atoms with Gasteiger partial charge < -0.3 is 5.32 Å². The second-order valence-electron chi connectivity index (χ2n) is 4.25. The molecule has 0 bridgehead atoms. The van der Waals surface area contributed by atoms with Crippen molar-refractivity contribution in [1.82, 2.24) is 0 Å². The topological polar surface area (TPSA) is 29.1 Å². The molecule has 0 aromatic heterocycles. The number of carbonyl (C=O) groups is 1. The molecule has 1 amide bonds. The molecule has 2 rings (SSSR count). The van der Waals surface area contributed by atoms with Crippen molar-refractivity contribution in [2.24, 2.45) is 0 Å². The van der Waals surface area contributed by atoms with E-state index in [1.807, 2.05) is 6.07 Å². The quantitative estimate of drug-likeness (QED) is 0.840. The number of halogens is 2. The number of hydrogen-bond donors (Lipinski definition) is 1. The molecule has 2 aromatic rings. The summed E-state index contributed by atoms with van der Waals surface area (Å²) >= 11 is 5.73. The summed E-state index contributed by atoms with van der Waals surface area (Å²) < 4.78 is 13.1. The van der Waals surface area contributed by atoms with Gasteiger partial charge in [-0.25, -0.2) is 4.39 Å². The molecule has 4 heteroatoms. The lowest BCUT2D eigenvalue weighted by Crippen LogP contribution is -2.12. The Labute approximate surface area is 116 Å². The molecular formula is C15H13ClFNO. The molecule has 1 N–H and O–H groups in total. The minimum absolute atomic E-state index is 0.238. The van der Waals surface area contributed by atoms with Crippen molar-refractivity contribution in [3.63, 3.8) is 0 Å². The van der Waals surface area contributed by atoms with E-state index in [1.54, 1.807) is 31.2 Å². The van der Waals surface area contributed by atoms with Gasteiger partial charge in [0.1, 0.15) is 5.82 Å². The maximum atomic E-state index is 13.1. The average molecular weight is 278 g/mol. The summed E-state index contributed by atoms with van der Waals surface area (Å²) in [6, 6.07) is 11.5. The number of amides is 1. The van der Waals surface area contributed by atoms with E-state index in [-0.39, 0.29) is 11.7 Å². The Morgan fingerprint density at radius 3 is 2.74 bits per heavy atom. The van der Waals surface area contributed by atoms with Crippen LogP contribution < -0.4 is 5.32 Å². The standard InChI is InChI=1S/C15H13ClFNO/c1-10-7-13(5-6-14(10)17)18-15(19)12-4-2-3-11(8-12)9-16/h2-8H,9H2,1H3,(H,18,19). The molecule has 0 saturated carbocycles. The Balaban J connectivity index is 2.18. The van der Waals surface area contributed by atoms with Crippen LogP contribution in [0.15, 0.2) is 42.5 Å². The molecule has 0 radical (unpaired) electrons. The van der Waals surface area contributed by atoms with Crippen molar-refractivity contribution in [3.05, 3.63) is 65.0 Å². The minimum Gasteiger partial charge on any atom is -0.322 e. The highest BCUT2D eigenvalue weighted by Gasteiger charge is 2.07. The Morgan fingerprint density at radius 1 is 1.26 bits per heavy atom. The van der Waals surface area contributed by atoms with E-state index in [2.05, 4.69) is 5.32 Å². The van der Waals surface area contributed by atoms with Crippen LogP contribution in [0.2, 0.25) is 0 Å². The van der Waals surface area contributed by atoms with Gasteiger partial charge in [-0.3, -0.25) is 4.79 Å². The van der Waals surface area contributed by atoms with E-state index in [0.29, 0.717) is 22.7 Å². The van der Waals surface area contributed by atoms with E-state index in [9.17, 15) is 9.18 Å². The first kappa shape index (κ1) is 13.6. The van der Waals surface area contributed by atoms with Crippen molar-refractivity contribution >= 4 is 23.2 Å². The second-order valence-corrected chi connectivity index (χ2v) is 4.52. The lowest BCUT2D eigenvalue weighted by Gasteiger charge is -2.07. The van der Waals surface area contributed by atoms with E-state index in [1.165, 1.54) is 12.1 Å². The smallest absolute Gasteiger partial charge is 0.255 e. The summed E-state index contributed by atoms with van der Waals surface area (Å²) in [4.78, 5) is 12.0. The number of carbonyl (C=O) groups excluding carboxylic acids is 1. The van der Waals surface area contributed by atoms with E-state index in [4.69, 9.17) is 11.6 Å². The van der Waals surface area contributed by atoms with E-state index >= 15 is 0 Å². The van der Waals surface area contributed by atoms with Crippen LogP contribution in [0, 0.1) is 12.7 Å². The third-order valence-electron chi connectivity index (χ3n) is 2.76. The number of anilines is 1. The van der Waals surface area contributed by atoms with Crippen molar-refractivity contribution in [3.8, 4) is 0 Å². The number of nitrogens with one attached hydrogen (secondary N) is 1. The second kappa shape index (κ2) is 5.85. The number of aryl methyl sites for hydroxylation is 1. The molecule has 0 saturated heterocycles. The Bertz CT molecular complexity index is 613. The van der Waals surface area contributed by atoms with E-state index in [0.717, 1.165) is 5.56 Å². The maximum absolute atomic E-state index is 13.1. The number of rotatable bonds is 3. The molecule has 0 aliphatic rings. The van der Waals surface area contributed by atoms with Crippen LogP contribution in [0.5, 0.6) is 0 Å². The highest BCUT2D eigenvalue weighted by Crippen LogP contribution is 2.15. The predicted molar refractivity (Wildman–Crippen MR) is 75.1 cm³/mol. The lowest BCUT2D eigenvalue weighted by atomic mass is 10.1. The zero-order chi connectivity index (χ0) is 13.8. The molecule has 0 unspecified atom stereocenters. The molecule has 0 atom stereocenters. The highest BCUT2D eigenvalue weighted by atomic mass is 35.5. The Hall–Kier alpha value is -1.87. The van der Waals surface area contributed by atoms with Gasteiger partial charge in [-0.1, -0.05) is 12.1 Å². The molecular weight excluding hydrogens is 265 g/mol. The van der Waals surface area contributed by atoms with Gasteiger partial charge in [0, 0.05) is 17.1 Å². The van der Waals surface area contributed by atoms with Gasteiger partial charge in [0.05, 0.1) is 0 Å². The SMILES string of the molecule is Cc1cc(NC(=O)c2cccc(CCl)c2)ccc1F. The molecule has 19 heavy (non-hydrogen) atoms. The summed E-state index contributed by atoms with van der Waals surface area (Å²) in [6.07, 6.45) is 0. The van der Waals surface area contributed by atoms with Gasteiger partial charge in [0.2, 0.25) is 0 Å². The largest absolute Gasteiger partial charge is 0.322 e. The normalized spacial score (nSPS) is 10.3. The molecule has 2 nitrogen and oxygen atoms in total. The zero-order valence-electron chi connectivity index (χ0n) is 10.4. The summed E-state index contributed by atoms with van der Waals surface area (Å²) in [5.74, 6) is -0.170. The molecule has 2 aromatic carbocycles. The molecule has 98 valence electrons. The first-order chi connectivity index (χ1) is 9.10. The fraction of sp³-hybridized carbons (Fsp3) is 0.133. The minimum atomic E-state index is -0.290. The highest BCUT2D eigenvalue weighted by molar-refractivity contribution is 6.17. The van der Waals surface area contributed by atoms with Crippen LogP contribution in [0.4, 0.5) is 10.1 Å². The summed E-state index contributed by atoms with van der Waals surface area (Å²) in [7, 11) is 0. The Morgan fingerprint density at radius 2 is 2.05 bits per heavy atom. The van der Waals surface area contributed by atoms with Gasteiger partial charge in [0.15, 0.2) is 0 Å². The maximum Gasteiger partial charge on any atom is 0.255 e. The zero-order valence-corrected chi connectivity index (χ0v) is 11.2. The van der Waals surface area contributed by atoms with Gasteiger partial charge in [-0.2, -0.15) is 0 Å². The van der Waals surface area contributed by atoms with Crippen LogP contribution >= 0.6 is 11.6 Å². The third kappa shape index (κ3) is 3.32. The van der Waals surface area contributed by atoms with Gasteiger partial charge in [-0.15, -0.1) is 11.6 Å². The summed E-state index contributed by atoms with van der Waals surface area (Å²) in [5, 5.41) is 2.73. The first-order valence-corrected chi connectivity index (χ1v) is 6.36. The molecule has 0 heterocycles. The van der Waals surface area contributed by atoms with Crippen LogP contribution in [-0.2, 0) is 5.88 Å². The fourth-order valence-corrected chi connectivity index (χ4v) is 1.89. The Kier molecular flexibility index (Phi) is 4.17. The third-order valence-corrected chi connectivity index (χ3v) is 3.07. The molecule has 0 aliphatic carbocycles. The summed E-state index contributed by atoms with van der Waals surface area (Å²) in [6.45, 7) is 1.65. The van der Waals surface area contributed by atoms with Crippen LogP contribution in [0.1, 0.15) is 21.5 Å². The molecule has 0 fully saturated rings. The van der Waals surface area contributed by atoms with Crippen LogP contribution in [-0.4, -0.2) is 5.91 Å². The fourth-order valence-electron chi connectivity index (χ4n) is 1.72. The molecule has 0 spiro atoms. The van der Waals surface area contributed by atoms with Crippen molar-refractivity contribution in [2.75, 3.05) is 5.32 Å².